The molecule has 5 nitrogen and oxygen atoms in total. The number of carbonyl (C=O) groups excluding carboxylic acids is 2. The second-order valence-corrected chi connectivity index (χ2v) is 8.87. The van der Waals surface area contributed by atoms with Gasteiger partial charge in [-0.15, -0.1) is 0 Å². The molecule has 0 bridgehead atoms. The van der Waals surface area contributed by atoms with E-state index in [0.29, 0.717) is 0 Å². The maximum absolute atomic E-state index is 12.3. The lowest BCUT2D eigenvalue weighted by atomic mass is 9.86. The largest absolute Gasteiger partial charge is 0.494 e. The number of benzene rings is 1. The molecule has 1 aliphatic rings. The van der Waals surface area contributed by atoms with Gasteiger partial charge in [0.1, 0.15) is 5.75 Å². The molecule has 0 radical (unpaired) electrons. The molecule has 2 N–H and O–H groups in total. The summed E-state index contributed by atoms with van der Waals surface area (Å²) in [6, 6.07) is 8.16. The normalized spacial score (nSPS) is 19.5. The average Bonchev–Trinajstić information content (AvgIpc) is 2.74. The van der Waals surface area contributed by atoms with Crippen LogP contribution in [0.2, 0.25) is 0 Å². The summed E-state index contributed by atoms with van der Waals surface area (Å²) < 4.78 is 5.66. The van der Waals surface area contributed by atoms with E-state index in [0.717, 1.165) is 62.9 Å². The van der Waals surface area contributed by atoms with Crippen molar-refractivity contribution in [3.8, 4) is 5.75 Å². The van der Waals surface area contributed by atoms with Crippen molar-refractivity contribution in [1.29, 1.82) is 0 Å². The van der Waals surface area contributed by atoms with Gasteiger partial charge in [0, 0.05) is 23.6 Å². The molecule has 1 aliphatic carbocycles. The van der Waals surface area contributed by atoms with E-state index in [4.69, 9.17) is 4.74 Å². The molecule has 0 aliphatic heterocycles. The fourth-order valence-corrected chi connectivity index (χ4v) is 3.35. The summed E-state index contributed by atoms with van der Waals surface area (Å²) in [6.07, 6.45) is 9.98. The lowest BCUT2D eigenvalue weighted by Gasteiger charge is -2.32. The highest BCUT2D eigenvalue weighted by atomic mass is 16.5. The highest BCUT2D eigenvalue weighted by molar-refractivity contribution is 5.91. The van der Waals surface area contributed by atoms with Crippen LogP contribution >= 0.6 is 0 Å². The highest BCUT2D eigenvalue weighted by Gasteiger charge is 2.29. The Kier molecular flexibility index (Phi) is 9.41. The molecule has 0 aromatic heterocycles. The summed E-state index contributed by atoms with van der Waals surface area (Å²) in [5.74, 6) is 0.913. The minimum absolute atomic E-state index is 0.0714. The van der Waals surface area contributed by atoms with Crippen molar-refractivity contribution in [1.82, 2.24) is 10.6 Å². The molecule has 166 valence electrons. The molecule has 0 spiro atoms. The van der Waals surface area contributed by atoms with Gasteiger partial charge >= 0.3 is 0 Å². The Hall–Kier alpha value is -2.30. The predicted octanol–water partition coefficient (Wildman–Crippen LogP) is 4.86. The van der Waals surface area contributed by atoms with Crippen LogP contribution in [0.3, 0.4) is 0 Å². The van der Waals surface area contributed by atoms with E-state index in [9.17, 15) is 9.59 Å². The van der Waals surface area contributed by atoms with Crippen LogP contribution in [0, 0.1) is 5.41 Å². The third kappa shape index (κ3) is 7.85. The fourth-order valence-electron chi connectivity index (χ4n) is 3.35. The van der Waals surface area contributed by atoms with E-state index in [1.165, 1.54) is 0 Å². The van der Waals surface area contributed by atoms with E-state index in [1.807, 2.05) is 51.1 Å². The van der Waals surface area contributed by atoms with Crippen molar-refractivity contribution < 1.29 is 14.3 Å². The van der Waals surface area contributed by atoms with Crippen LogP contribution in [0.5, 0.6) is 5.75 Å². The maximum atomic E-state index is 12.3. The molecule has 30 heavy (non-hydrogen) atoms. The number of nitrogens with one attached hydrogen (secondary N) is 2. The van der Waals surface area contributed by atoms with Crippen LogP contribution in [0.1, 0.15) is 78.2 Å². The van der Waals surface area contributed by atoms with E-state index in [2.05, 4.69) is 17.6 Å². The summed E-state index contributed by atoms with van der Waals surface area (Å²) in [4.78, 5) is 24.6. The molecule has 0 heterocycles. The standard InChI is InChI=1S/C25H38N2O3/c1-5-7-18-30-22-15-8-19(9-16-22)10-17-23(28)26-20-11-13-21(14-12-20)27-24(29)25(3,4)6-2/h8-10,15-17,20-21H,5-7,11-14,18H2,1-4H3,(H,26,28)(H,27,29)/b17-10+. The molecule has 1 aromatic carbocycles. The van der Waals surface area contributed by atoms with E-state index in [-0.39, 0.29) is 29.3 Å². The summed E-state index contributed by atoms with van der Waals surface area (Å²) >= 11 is 0. The van der Waals surface area contributed by atoms with Crippen molar-refractivity contribution in [3.63, 3.8) is 0 Å². The Balaban J connectivity index is 1.72. The molecule has 1 aromatic rings. The van der Waals surface area contributed by atoms with Gasteiger partial charge in [0.2, 0.25) is 11.8 Å². The Morgan fingerprint density at radius 2 is 1.63 bits per heavy atom. The van der Waals surface area contributed by atoms with Crippen LogP contribution < -0.4 is 15.4 Å². The van der Waals surface area contributed by atoms with Crippen LogP contribution in [0.4, 0.5) is 0 Å². The van der Waals surface area contributed by atoms with Gasteiger partial charge in [-0.1, -0.05) is 46.2 Å². The molecular formula is C25H38N2O3. The van der Waals surface area contributed by atoms with Gasteiger partial charge in [0.05, 0.1) is 6.61 Å². The number of hydrogen-bond acceptors (Lipinski definition) is 3. The van der Waals surface area contributed by atoms with Crippen molar-refractivity contribution >= 4 is 17.9 Å². The van der Waals surface area contributed by atoms with Crippen molar-refractivity contribution in [2.75, 3.05) is 6.61 Å². The summed E-state index contributed by atoms with van der Waals surface area (Å²) in [5, 5.41) is 6.26. The predicted molar refractivity (Wildman–Crippen MR) is 122 cm³/mol. The molecule has 0 saturated heterocycles. The Labute approximate surface area is 181 Å². The third-order valence-corrected chi connectivity index (χ3v) is 5.98. The summed E-state index contributed by atoms with van der Waals surface area (Å²) in [7, 11) is 0. The first-order valence-corrected chi connectivity index (χ1v) is 11.4. The first-order chi connectivity index (χ1) is 14.3. The minimum atomic E-state index is -0.324. The smallest absolute Gasteiger partial charge is 0.244 e. The van der Waals surface area contributed by atoms with E-state index < -0.39 is 0 Å². The lowest BCUT2D eigenvalue weighted by Crippen LogP contribution is -2.46. The van der Waals surface area contributed by atoms with Crippen LogP contribution in [-0.4, -0.2) is 30.5 Å². The third-order valence-electron chi connectivity index (χ3n) is 5.98. The topological polar surface area (TPSA) is 67.4 Å². The second-order valence-electron chi connectivity index (χ2n) is 8.87. The number of unbranched alkanes of at least 4 members (excludes halogenated alkanes) is 1. The van der Waals surface area contributed by atoms with E-state index >= 15 is 0 Å². The molecule has 2 rings (SSSR count). The van der Waals surface area contributed by atoms with Crippen LogP contribution in [0.25, 0.3) is 6.08 Å². The van der Waals surface area contributed by atoms with Gasteiger partial charge in [-0.05, 0) is 62.3 Å². The molecule has 0 unspecified atom stereocenters. The molecule has 0 atom stereocenters. The van der Waals surface area contributed by atoms with Gasteiger partial charge in [-0.2, -0.15) is 0 Å². The first-order valence-electron chi connectivity index (χ1n) is 11.4. The number of ether oxygens (including phenoxy) is 1. The summed E-state index contributed by atoms with van der Waals surface area (Å²) in [6.45, 7) is 8.87. The van der Waals surface area contributed by atoms with Crippen molar-refractivity contribution in [3.05, 3.63) is 35.9 Å². The zero-order valence-corrected chi connectivity index (χ0v) is 19.0. The van der Waals surface area contributed by atoms with Gasteiger partial charge < -0.3 is 15.4 Å². The van der Waals surface area contributed by atoms with Gasteiger partial charge in [0.15, 0.2) is 0 Å². The molecule has 2 amide bonds. The molecule has 1 saturated carbocycles. The van der Waals surface area contributed by atoms with Crippen molar-refractivity contribution in [2.24, 2.45) is 5.41 Å². The molecule has 1 fully saturated rings. The SMILES string of the molecule is CCCCOc1ccc(/C=C/C(=O)NC2CCC(NC(=O)C(C)(C)CC)CC2)cc1. The van der Waals surface area contributed by atoms with Gasteiger partial charge in [-0.25, -0.2) is 0 Å². The van der Waals surface area contributed by atoms with Crippen LogP contribution in [0.15, 0.2) is 30.3 Å². The quantitative estimate of drug-likeness (QED) is 0.424. The van der Waals surface area contributed by atoms with Crippen molar-refractivity contribution in [2.45, 2.75) is 84.7 Å². The zero-order chi connectivity index (χ0) is 22.0. The van der Waals surface area contributed by atoms with Gasteiger partial charge in [0.25, 0.3) is 0 Å². The number of carbonyl (C=O) groups is 2. The lowest BCUT2D eigenvalue weighted by molar-refractivity contribution is -0.130. The fraction of sp³-hybridized carbons (Fsp3) is 0.600. The number of amides is 2. The highest BCUT2D eigenvalue weighted by Crippen LogP contribution is 2.23. The first kappa shape index (κ1) is 24.0. The Bertz CT molecular complexity index is 702. The van der Waals surface area contributed by atoms with E-state index in [1.54, 1.807) is 6.08 Å². The number of hydrogen-bond donors (Lipinski definition) is 2. The Morgan fingerprint density at radius 1 is 1.03 bits per heavy atom. The monoisotopic (exact) mass is 414 g/mol. The molecule has 5 heteroatoms. The minimum Gasteiger partial charge on any atom is -0.494 e. The van der Waals surface area contributed by atoms with Gasteiger partial charge in [-0.3, -0.25) is 9.59 Å². The number of rotatable bonds is 10. The molecular weight excluding hydrogens is 376 g/mol. The zero-order valence-electron chi connectivity index (χ0n) is 19.0. The average molecular weight is 415 g/mol. The second kappa shape index (κ2) is 11.8. The Morgan fingerprint density at radius 3 is 2.20 bits per heavy atom. The van der Waals surface area contributed by atoms with Crippen LogP contribution in [-0.2, 0) is 9.59 Å². The maximum Gasteiger partial charge on any atom is 0.244 e. The summed E-state index contributed by atoms with van der Waals surface area (Å²) in [5.41, 5.74) is 0.647.